The zero-order chi connectivity index (χ0) is 20.7. The Morgan fingerprint density at radius 2 is 2.00 bits per heavy atom. The molecule has 1 N–H and O–H groups in total. The molecular weight excluding hydrogens is 448 g/mol. The molecule has 2 rings (SSSR count). The van der Waals surface area contributed by atoms with E-state index in [0.717, 1.165) is 10.0 Å². The van der Waals surface area contributed by atoms with Gasteiger partial charge in [0.2, 0.25) is 5.91 Å². The van der Waals surface area contributed by atoms with Gasteiger partial charge >= 0.3 is 0 Å². The second-order valence-electron chi connectivity index (χ2n) is 6.03. The number of methoxy groups -OCH3 is 1. The molecule has 0 bridgehead atoms. The molecule has 0 heterocycles. The fraction of sp³-hybridized carbons (Fsp3) is 0.300. The minimum Gasteiger partial charge on any atom is -0.497 e. The predicted molar refractivity (Wildman–Crippen MR) is 112 cm³/mol. The average molecular weight is 470 g/mol. The average Bonchev–Trinajstić information content (AvgIpc) is 2.70. The molecule has 0 aliphatic carbocycles. The molecule has 0 radical (unpaired) electrons. The first-order valence-corrected chi connectivity index (χ1v) is 9.74. The maximum Gasteiger partial charge on any atom is 0.261 e. The Morgan fingerprint density at radius 1 is 1.25 bits per heavy atom. The van der Waals surface area contributed by atoms with E-state index in [2.05, 4.69) is 21.2 Å². The first-order chi connectivity index (χ1) is 13.3. The van der Waals surface area contributed by atoms with E-state index >= 15 is 0 Å². The van der Waals surface area contributed by atoms with Crippen LogP contribution < -0.4 is 14.8 Å². The summed E-state index contributed by atoms with van der Waals surface area (Å²) in [6.07, 6.45) is 0. The third-order valence-electron chi connectivity index (χ3n) is 4.15. The Hall–Kier alpha value is -2.25. The van der Waals surface area contributed by atoms with Crippen LogP contribution in [0, 0.1) is 0 Å². The monoisotopic (exact) mass is 468 g/mol. The van der Waals surface area contributed by atoms with E-state index in [1.165, 1.54) is 11.9 Å². The number of rotatable bonds is 8. The molecule has 28 heavy (non-hydrogen) atoms. The van der Waals surface area contributed by atoms with Crippen molar-refractivity contribution in [1.82, 2.24) is 10.2 Å². The van der Waals surface area contributed by atoms with Gasteiger partial charge in [0, 0.05) is 18.1 Å². The van der Waals surface area contributed by atoms with Crippen molar-refractivity contribution < 1.29 is 19.1 Å². The van der Waals surface area contributed by atoms with Gasteiger partial charge in [0.1, 0.15) is 17.5 Å². The highest BCUT2D eigenvalue weighted by Gasteiger charge is 2.26. The number of benzene rings is 2. The molecule has 1 atom stereocenters. The lowest BCUT2D eigenvalue weighted by molar-refractivity contribution is -0.142. The first-order valence-electron chi connectivity index (χ1n) is 8.57. The number of nitrogens with zero attached hydrogens (tertiary/aromatic N) is 1. The van der Waals surface area contributed by atoms with Crippen molar-refractivity contribution in [2.45, 2.75) is 19.5 Å². The van der Waals surface area contributed by atoms with Crippen molar-refractivity contribution in [3.8, 4) is 11.5 Å². The van der Waals surface area contributed by atoms with E-state index in [-0.39, 0.29) is 25.0 Å². The minimum atomic E-state index is -0.673. The second kappa shape index (κ2) is 10.3. The molecular formula is C20H22BrClN2O4. The summed E-state index contributed by atoms with van der Waals surface area (Å²) in [5.41, 5.74) is 0.838. The van der Waals surface area contributed by atoms with Crippen molar-refractivity contribution in [2.24, 2.45) is 0 Å². The highest BCUT2D eigenvalue weighted by atomic mass is 79.9. The summed E-state index contributed by atoms with van der Waals surface area (Å²) in [7, 11) is 3.11. The van der Waals surface area contributed by atoms with Crippen LogP contribution in [0.25, 0.3) is 0 Å². The Bertz CT molecular complexity index is 847. The number of likely N-dealkylation sites (N-methyl/N-ethyl adjacent to an activating group) is 1. The summed E-state index contributed by atoms with van der Waals surface area (Å²) in [5, 5.41) is 2.96. The Balaban J connectivity index is 2.17. The van der Waals surface area contributed by atoms with Crippen LogP contribution in [0.5, 0.6) is 11.5 Å². The Labute approximate surface area is 177 Å². The highest BCUT2D eigenvalue weighted by Crippen LogP contribution is 2.27. The van der Waals surface area contributed by atoms with Crippen LogP contribution in [-0.4, -0.2) is 43.5 Å². The summed E-state index contributed by atoms with van der Waals surface area (Å²) < 4.78 is 11.6. The van der Waals surface area contributed by atoms with Crippen molar-refractivity contribution in [3.05, 3.63) is 57.5 Å². The van der Waals surface area contributed by atoms with Crippen LogP contribution >= 0.6 is 27.5 Å². The summed E-state index contributed by atoms with van der Waals surface area (Å²) in [4.78, 5) is 26.5. The van der Waals surface area contributed by atoms with Crippen LogP contribution in [0.15, 0.2) is 46.9 Å². The number of hydrogen-bond donors (Lipinski definition) is 1. The zero-order valence-corrected chi connectivity index (χ0v) is 18.2. The third-order valence-corrected chi connectivity index (χ3v) is 4.93. The lowest BCUT2D eigenvalue weighted by Crippen LogP contribution is -2.48. The van der Waals surface area contributed by atoms with E-state index in [0.29, 0.717) is 16.5 Å². The van der Waals surface area contributed by atoms with Crippen LogP contribution in [0.4, 0.5) is 0 Å². The third kappa shape index (κ3) is 5.87. The van der Waals surface area contributed by atoms with Crippen molar-refractivity contribution in [3.63, 3.8) is 0 Å². The van der Waals surface area contributed by atoms with E-state index in [9.17, 15) is 9.59 Å². The van der Waals surface area contributed by atoms with Gasteiger partial charge in [-0.3, -0.25) is 9.59 Å². The summed E-state index contributed by atoms with van der Waals surface area (Å²) in [6, 6.07) is 11.8. The largest absolute Gasteiger partial charge is 0.497 e. The fourth-order valence-corrected chi connectivity index (χ4v) is 3.30. The molecule has 2 amide bonds. The molecule has 2 aromatic carbocycles. The number of halogens is 2. The van der Waals surface area contributed by atoms with Gasteiger partial charge < -0.3 is 19.7 Å². The molecule has 0 aliphatic heterocycles. The molecule has 2 aromatic rings. The number of carbonyl (C=O) groups is 2. The van der Waals surface area contributed by atoms with Gasteiger partial charge in [-0.1, -0.05) is 39.7 Å². The van der Waals surface area contributed by atoms with Crippen molar-refractivity contribution >= 4 is 39.3 Å². The topological polar surface area (TPSA) is 67.9 Å². The van der Waals surface area contributed by atoms with E-state index < -0.39 is 6.04 Å². The molecule has 6 nitrogen and oxygen atoms in total. The molecule has 1 unspecified atom stereocenters. The van der Waals surface area contributed by atoms with Crippen LogP contribution in [0.2, 0.25) is 5.02 Å². The second-order valence-corrected chi connectivity index (χ2v) is 7.35. The minimum absolute atomic E-state index is 0.238. The smallest absolute Gasteiger partial charge is 0.261 e. The van der Waals surface area contributed by atoms with Gasteiger partial charge in [0.15, 0.2) is 6.61 Å². The molecule has 0 spiro atoms. The summed E-state index contributed by atoms with van der Waals surface area (Å²) in [6.45, 7) is 1.66. The first kappa shape index (κ1) is 22.0. The van der Waals surface area contributed by atoms with Gasteiger partial charge in [-0.2, -0.15) is 0 Å². The lowest BCUT2D eigenvalue weighted by atomic mass is 10.1. The molecule has 0 saturated carbocycles. The van der Waals surface area contributed by atoms with Gasteiger partial charge in [0.05, 0.1) is 12.1 Å². The van der Waals surface area contributed by atoms with Crippen LogP contribution in [-0.2, 0) is 16.1 Å². The maximum absolute atomic E-state index is 12.9. The van der Waals surface area contributed by atoms with Crippen LogP contribution in [0.1, 0.15) is 12.5 Å². The van der Waals surface area contributed by atoms with E-state index in [1.807, 2.05) is 24.3 Å². The summed E-state index contributed by atoms with van der Waals surface area (Å²) in [5.74, 6) is 0.471. The molecule has 0 aliphatic rings. The van der Waals surface area contributed by atoms with E-state index in [4.69, 9.17) is 21.1 Å². The standard InChI is InChI=1S/C20H22BrClN2O4/c1-13(20(26)23-2)24(11-14-5-4-6-16(9-14)27-3)19(25)12-28-18-8-7-15(21)10-17(18)22/h4-10,13H,11-12H2,1-3H3,(H,23,26). The highest BCUT2D eigenvalue weighted by molar-refractivity contribution is 9.10. The van der Waals surface area contributed by atoms with Gasteiger partial charge in [-0.05, 0) is 42.8 Å². The number of hydrogen-bond acceptors (Lipinski definition) is 4. The van der Waals surface area contributed by atoms with Crippen molar-refractivity contribution in [1.29, 1.82) is 0 Å². The molecule has 150 valence electrons. The molecule has 0 saturated heterocycles. The van der Waals surface area contributed by atoms with Gasteiger partial charge in [-0.25, -0.2) is 0 Å². The molecule has 0 aromatic heterocycles. The SMILES string of the molecule is CNC(=O)C(C)N(Cc1cccc(OC)c1)C(=O)COc1ccc(Br)cc1Cl. The number of carbonyl (C=O) groups excluding carboxylic acids is 2. The normalized spacial score (nSPS) is 11.5. The lowest BCUT2D eigenvalue weighted by Gasteiger charge is -2.28. The summed E-state index contributed by atoms with van der Waals surface area (Å²) >= 11 is 9.45. The predicted octanol–water partition coefficient (Wildman–Crippen LogP) is 3.65. The Morgan fingerprint density at radius 3 is 2.64 bits per heavy atom. The molecule has 8 heteroatoms. The maximum atomic E-state index is 12.9. The van der Waals surface area contributed by atoms with Crippen LogP contribution in [0.3, 0.4) is 0 Å². The Kier molecular flexibility index (Phi) is 8.14. The fourth-order valence-electron chi connectivity index (χ4n) is 2.57. The number of ether oxygens (including phenoxy) is 2. The van der Waals surface area contributed by atoms with E-state index in [1.54, 1.807) is 32.2 Å². The quantitative estimate of drug-likeness (QED) is 0.641. The van der Waals surface area contributed by atoms with Gasteiger partial charge in [-0.15, -0.1) is 0 Å². The van der Waals surface area contributed by atoms with Crippen molar-refractivity contribution in [2.75, 3.05) is 20.8 Å². The number of amides is 2. The number of nitrogens with one attached hydrogen (secondary N) is 1. The molecule has 0 fully saturated rings. The zero-order valence-electron chi connectivity index (χ0n) is 15.9. The van der Waals surface area contributed by atoms with Gasteiger partial charge in [0.25, 0.3) is 5.91 Å².